The maximum absolute atomic E-state index is 12.6. The summed E-state index contributed by atoms with van der Waals surface area (Å²) in [5.74, 6) is -0.0786. The Kier molecular flexibility index (Phi) is 7.53. The number of benzene rings is 2. The minimum atomic E-state index is -0.321. The van der Waals surface area contributed by atoms with Crippen LogP contribution >= 0.6 is 23.2 Å². The average molecular weight is 434 g/mol. The molecule has 5 nitrogen and oxygen atoms in total. The second-order valence-corrected chi connectivity index (χ2v) is 8.07. The number of carbonyl (C=O) groups is 2. The van der Waals surface area contributed by atoms with E-state index in [0.29, 0.717) is 35.4 Å². The Morgan fingerprint density at radius 3 is 2.45 bits per heavy atom. The molecule has 1 heterocycles. The summed E-state index contributed by atoms with van der Waals surface area (Å²) in [6, 6.07) is 14.7. The summed E-state index contributed by atoms with van der Waals surface area (Å²) < 4.78 is 0. The van der Waals surface area contributed by atoms with E-state index in [1.54, 1.807) is 18.2 Å². The van der Waals surface area contributed by atoms with Gasteiger partial charge in [-0.15, -0.1) is 0 Å². The molecular weight excluding hydrogens is 409 g/mol. The number of anilines is 1. The van der Waals surface area contributed by atoms with E-state index in [9.17, 15) is 9.59 Å². The first-order valence-electron chi connectivity index (χ1n) is 9.76. The zero-order valence-corrected chi connectivity index (χ0v) is 17.8. The molecule has 2 aromatic rings. The van der Waals surface area contributed by atoms with Crippen LogP contribution in [0.2, 0.25) is 10.0 Å². The lowest BCUT2D eigenvalue weighted by Crippen LogP contribution is -2.48. The fourth-order valence-electron chi connectivity index (χ4n) is 3.48. The number of rotatable bonds is 6. The van der Waals surface area contributed by atoms with Gasteiger partial charge >= 0.3 is 0 Å². The summed E-state index contributed by atoms with van der Waals surface area (Å²) in [5.41, 5.74) is 1.59. The number of likely N-dealkylation sites (tertiary alicyclic amines) is 1. The van der Waals surface area contributed by atoms with Crippen molar-refractivity contribution in [3.05, 3.63) is 64.1 Å². The minimum Gasteiger partial charge on any atom is -0.352 e. The van der Waals surface area contributed by atoms with Gasteiger partial charge in [0.2, 0.25) is 11.8 Å². The Labute approximate surface area is 181 Å². The van der Waals surface area contributed by atoms with Crippen molar-refractivity contribution in [2.24, 2.45) is 5.92 Å². The van der Waals surface area contributed by atoms with Crippen molar-refractivity contribution < 1.29 is 9.59 Å². The first-order valence-corrected chi connectivity index (χ1v) is 10.5. The predicted octanol–water partition coefficient (Wildman–Crippen LogP) is 4.35. The molecule has 2 N–H and O–H groups in total. The molecule has 0 aromatic heterocycles. The van der Waals surface area contributed by atoms with Gasteiger partial charge in [0.25, 0.3) is 0 Å². The maximum Gasteiger partial charge on any atom is 0.241 e. The van der Waals surface area contributed by atoms with E-state index in [1.165, 1.54) is 0 Å². The van der Waals surface area contributed by atoms with Gasteiger partial charge in [-0.05, 0) is 50.6 Å². The fourth-order valence-corrected chi connectivity index (χ4v) is 3.83. The molecule has 1 aliphatic heterocycles. The van der Waals surface area contributed by atoms with Gasteiger partial charge in [-0.25, -0.2) is 0 Å². The quantitative estimate of drug-likeness (QED) is 0.711. The lowest BCUT2D eigenvalue weighted by atomic mass is 9.94. The Morgan fingerprint density at radius 1 is 1.07 bits per heavy atom. The first kappa shape index (κ1) is 21.6. The SMILES string of the molecule is CC(C(=O)Nc1cccc(Cl)c1Cl)N1CCC(C(=O)NCc2ccccc2)CC1. The fraction of sp³-hybridized carbons (Fsp3) is 0.364. The molecule has 0 aliphatic carbocycles. The van der Waals surface area contributed by atoms with Crippen molar-refractivity contribution in [2.45, 2.75) is 32.4 Å². The Balaban J connectivity index is 1.47. The molecule has 1 aliphatic rings. The number of nitrogens with one attached hydrogen (secondary N) is 2. The summed E-state index contributed by atoms with van der Waals surface area (Å²) in [4.78, 5) is 27.2. The monoisotopic (exact) mass is 433 g/mol. The van der Waals surface area contributed by atoms with Crippen molar-refractivity contribution >= 4 is 40.7 Å². The lowest BCUT2D eigenvalue weighted by molar-refractivity contribution is -0.127. The van der Waals surface area contributed by atoms with Crippen LogP contribution in [0.4, 0.5) is 5.69 Å². The molecule has 3 rings (SSSR count). The highest BCUT2D eigenvalue weighted by Gasteiger charge is 2.30. The second-order valence-electron chi connectivity index (χ2n) is 7.28. The van der Waals surface area contributed by atoms with Crippen LogP contribution in [-0.4, -0.2) is 35.8 Å². The third kappa shape index (κ3) is 5.72. The average Bonchev–Trinajstić information content (AvgIpc) is 2.75. The molecule has 1 atom stereocenters. The van der Waals surface area contributed by atoms with Crippen LogP contribution in [0.25, 0.3) is 0 Å². The van der Waals surface area contributed by atoms with E-state index in [-0.39, 0.29) is 23.8 Å². The summed E-state index contributed by atoms with van der Waals surface area (Å²) in [5, 5.41) is 6.60. The lowest BCUT2D eigenvalue weighted by Gasteiger charge is -2.34. The molecule has 154 valence electrons. The second kappa shape index (κ2) is 10.1. The molecule has 2 aromatic carbocycles. The zero-order valence-electron chi connectivity index (χ0n) is 16.3. The van der Waals surface area contributed by atoms with Crippen LogP contribution in [-0.2, 0) is 16.1 Å². The highest BCUT2D eigenvalue weighted by molar-refractivity contribution is 6.44. The van der Waals surface area contributed by atoms with Gasteiger partial charge < -0.3 is 10.6 Å². The van der Waals surface area contributed by atoms with E-state index in [0.717, 1.165) is 18.4 Å². The van der Waals surface area contributed by atoms with Gasteiger partial charge in [0.05, 0.1) is 21.8 Å². The van der Waals surface area contributed by atoms with Crippen LogP contribution in [0.1, 0.15) is 25.3 Å². The van der Waals surface area contributed by atoms with Crippen molar-refractivity contribution in [2.75, 3.05) is 18.4 Å². The van der Waals surface area contributed by atoms with Crippen LogP contribution in [0, 0.1) is 5.92 Å². The molecule has 1 saturated heterocycles. The van der Waals surface area contributed by atoms with Gasteiger partial charge in [0, 0.05) is 12.5 Å². The molecule has 1 fully saturated rings. The molecule has 29 heavy (non-hydrogen) atoms. The third-order valence-corrected chi connectivity index (χ3v) is 6.17. The molecule has 7 heteroatoms. The minimum absolute atomic E-state index is 0.0207. The highest BCUT2D eigenvalue weighted by atomic mass is 35.5. The molecular formula is C22H25Cl2N3O2. The molecule has 2 amide bonds. The number of hydrogen-bond acceptors (Lipinski definition) is 3. The number of hydrogen-bond donors (Lipinski definition) is 2. The Bertz CT molecular complexity index is 852. The molecule has 0 spiro atoms. The van der Waals surface area contributed by atoms with Crippen LogP contribution < -0.4 is 10.6 Å². The number of carbonyl (C=O) groups excluding carboxylic acids is 2. The normalized spacial score (nSPS) is 16.2. The molecule has 1 unspecified atom stereocenters. The van der Waals surface area contributed by atoms with E-state index < -0.39 is 0 Å². The van der Waals surface area contributed by atoms with E-state index in [2.05, 4.69) is 15.5 Å². The Morgan fingerprint density at radius 2 is 1.76 bits per heavy atom. The predicted molar refractivity (Wildman–Crippen MR) is 117 cm³/mol. The largest absolute Gasteiger partial charge is 0.352 e. The van der Waals surface area contributed by atoms with Gasteiger partial charge in [0.1, 0.15) is 0 Å². The molecule has 0 saturated carbocycles. The van der Waals surface area contributed by atoms with Crippen LogP contribution in [0.15, 0.2) is 48.5 Å². The van der Waals surface area contributed by atoms with Crippen molar-refractivity contribution in [1.82, 2.24) is 10.2 Å². The van der Waals surface area contributed by atoms with Crippen LogP contribution in [0.3, 0.4) is 0 Å². The topological polar surface area (TPSA) is 61.4 Å². The molecule has 0 radical (unpaired) electrons. The van der Waals surface area contributed by atoms with Crippen molar-refractivity contribution in [1.29, 1.82) is 0 Å². The van der Waals surface area contributed by atoms with Gasteiger partial charge in [-0.1, -0.05) is 59.6 Å². The van der Waals surface area contributed by atoms with E-state index in [4.69, 9.17) is 23.2 Å². The number of nitrogens with zero attached hydrogens (tertiary/aromatic N) is 1. The summed E-state index contributed by atoms with van der Waals surface area (Å²) in [6.07, 6.45) is 1.46. The summed E-state index contributed by atoms with van der Waals surface area (Å²) in [7, 11) is 0. The van der Waals surface area contributed by atoms with E-state index in [1.807, 2.05) is 37.3 Å². The van der Waals surface area contributed by atoms with Gasteiger partial charge in [-0.3, -0.25) is 14.5 Å². The van der Waals surface area contributed by atoms with Gasteiger partial charge in [0.15, 0.2) is 0 Å². The van der Waals surface area contributed by atoms with Crippen LogP contribution in [0.5, 0.6) is 0 Å². The first-order chi connectivity index (χ1) is 14.0. The summed E-state index contributed by atoms with van der Waals surface area (Å²) in [6.45, 7) is 3.80. The van der Waals surface area contributed by atoms with Crippen molar-refractivity contribution in [3.63, 3.8) is 0 Å². The number of piperidine rings is 1. The zero-order chi connectivity index (χ0) is 20.8. The molecule has 0 bridgehead atoms. The third-order valence-electron chi connectivity index (χ3n) is 5.35. The smallest absolute Gasteiger partial charge is 0.241 e. The summed E-state index contributed by atoms with van der Waals surface area (Å²) >= 11 is 12.2. The highest BCUT2D eigenvalue weighted by Crippen LogP contribution is 2.30. The Hall–Kier alpha value is -2.08. The van der Waals surface area contributed by atoms with Gasteiger partial charge in [-0.2, -0.15) is 0 Å². The number of amides is 2. The number of halogens is 2. The standard InChI is InChI=1S/C22H25Cl2N3O2/c1-15(21(28)26-19-9-5-8-18(23)20(19)24)27-12-10-17(11-13-27)22(29)25-14-16-6-3-2-4-7-16/h2-9,15,17H,10-14H2,1H3,(H,25,29)(H,26,28). The van der Waals surface area contributed by atoms with Crippen molar-refractivity contribution in [3.8, 4) is 0 Å². The maximum atomic E-state index is 12.6. The van der Waals surface area contributed by atoms with E-state index >= 15 is 0 Å².